The van der Waals surface area contributed by atoms with Crippen molar-refractivity contribution in [2.24, 2.45) is 11.0 Å². The van der Waals surface area contributed by atoms with Crippen molar-refractivity contribution in [3.8, 4) is 0 Å². The van der Waals surface area contributed by atoms with E-state index < -0.39 is 0 Å². The van der Waals surface area contributed by atoms with Crippen LogP contribution in [0.3, 0.4) is 0 Å². The zero-order valence-corrected chi connectivity index (χ0v) is 11.6. The summed E-state index contributed by atoms with van der Waals surface area (Å²) >= 11 is 3.40. The minimum Gasteiger partial charge on any atom is -0.272 e. The number of hydrazone groups is 1. The molecule has 2 rings (SSSR count). The molecule has 0 radical (unpaired) electrons. The monoisotopic (exact) mass is 294 g/mol. The first-order chi connectivity index (χ1) is 8.06. The third-order valence-electron chi connectivity index (χ3n) is 2.53. The van der Waals surface area contributed by atoms with E-state index in [4.69, 9.17) is 0 Å². The Bertz CT molecular complexity index is 468. The van der Waals surface area contributed by atoms with Crippen LogP contribution in [-0.2, 0) is 4.79 Å². The highest BCUT2D eigenvalue weighted by atomic mass is 79.9. The van der Waals surface area contributed by atoms with Crippen LogP contribution < -0.4 is 5.01 Å². The van der Waals surface area contributed by atoms with E-state index in [1.54, 1.807) is 0 Å². The molecule has 1 aliphatic rings. The molecule has 0 saturated carbocycles. The van der Waals surface area contributed by atoms with Crippen molar-refractivity contribution in [1.29, 1.82) is 0 Å². The molecule has 0 bridgehead atoms. The van der Waals surface area contributed by atoms with E-state index in [0.717, 1.165) is 22.3 Å². The van der Waals surface area contributed by atoms with Gasteiger partial charge >= 0.3 is 0 Å². The number of benzene rings is 1. The summed E-state index contributed by atoms with van der Waals surface area (Å²) in [5.74, 6) is 0.586. The summed E-state index contributed by atoms with van der Waals surface area (Å²) in [5, 5.41) is 5.90. The number of hydrogen-bond acceptors (Lipinski definition) is 2. The van der Waals surface area contributed by atoms with Crippen LogP contribution in [0.1, 0.15) is 26.7 Å². The number of halogens is 1. The molecule has 1 amide bonds. The Kier molecular flexibility index (Phi) is 3.62. The third kappa shape index (κ3) is 2.94. The lowest BCUT2D eigenvalue weighted by molar-refractivity contribution is -0.116. The molecular weight excluding hydrogens is 280 g/mol. The molecule has 3 nitrogen and oxygen atoms in total. The molecule has 1 aliphatic heterocycles. The maximum absolute atomic E-state index is 11.9. The second-order valence-corrected chi connectivity index (χ2v) is 5.54. The lowest BCUT2D eigenvalue weighted by Gasteiger charge is -2.11. The Morgan fingerprint density at radius 3 is 2.88 bits per heavy atom. The SMILES string of the molecule is CC(C)CC1=NN(c2cccc(Br)c2)C(=O)C1. The largest absolute Gasteiger partial charge is 0.272 e. The van der Waals surface area contributed by atoms with Gasteiger partial charge in [0.05, 0.1) is 12.1 Å². The van der Waals surface area contributed by atoms with E-state index in [2.05, 4.69) is 34.9 Å². The molecule has 0 spiro atoms. The van der Waals surface area contributed by atoms with E-state index in [-0.39, 0.29) is 5.91 Å². The minimum atomic E-state index is 0.0544. The molecule has 0 aliphatic carbocycles. The van der Waals surface area contributed by atoms with Crippen molar-refractivity contribution < 1.29 is 4.79 Å². The molecule has 1 aromatic rings. The van der Waals surface area contributed by atoms with Crippen molar-refractivity contribution in [3.05, 3.63) is 28.7 Å². The summed E-state index contributed by atoms with van der Waals surface area (Å²) in [7, 11) is 0. The average molecular weight is 295 g/mol. The van der Waals surface area contributed by atoms with Gasteiger partial charge in [0.2, 0.25) is 0 Å². The van der Waals surface area contributed by atoms with Crippen LogP contribution >= 0.6 is 15.9 Å². The van der Waals surface area contributed by atoms with E-state index >= 15 is 0 Å². The molecule has 0 fully saturated rings. The Morgan fingerprint density at radius 2 is 2.24 bits per heavy atom. The Balaban J connectivity index is 2.21. The third-order valence-corrected chi connectivity index (χ3v) is 3.02. The standard InChI is InChI=1S/C13H15BrN2O/c1-9(2)6-11-8-13(17)16(15-11)12-5-3-4-10(14)7-12/h3-5,7,9H,6,8H2,1-2H3. The van der Waals surface area contributed by atoms with E-state index in [0.29, 0.717) is 12.3 Å². The Hall–Kier alpha value is -1.16. The van der Waals surface area contributed by atoms with Gasteiger partial charge in [-0.1, -0.05) is 35.8 Å². The van der Waals surface area contributed by atoms with Gasteiger partial charge in [-0.15, -0.1) is 0 Å². The number of carbonyl (C=O) groups is 1. The van der Waals surface area contributed by atoms with E-state index in [1.165, 1.54) is 5.01 Å². The minimum absolute atomic E-state index is 0.0544. The molecule has 0 saturated heterocycles. The van der Waals surface area contributed by atoms with Crippen molar-refractivity contribution >= 4 is 33.2 Å². The molecule has 0 atom stereocenters. The van der Waals surface area contributed by atoms with Gasteiger partial charge in [0, 0.05) is 10.2 Å². The van der Waals surface area contributed by atoms with Crippen LogP contribution in [-0.4, -0.2) is 11.6 Å². The normalized spacial score (nSPS) is 15.6. The quantitative estimate of drug-likeness (QED) is 0.838. The predicted octanol–water partition coefficient (Wildman–Crippen LogP) is 3.59. The van der Waals surface area contributed by atoms with Gasteiger partial charge in [-0.3, -0.25) is 4.79 Å². The highest BCUT2D eigenvalue weighted by Crippen LogP contribution is 2.25. The molecule has 90 valence electrons. The summed E-state index contributed by atoms with van der Waals surface area (Å²) in [5.41, 5.74) is 1.80. The molecule has 0 N–H and O–H groups in total. The van der Waals surface area contributed by atoms with Crippen molar-refractivity contribution in [1.82, 2.24) is 0 Å². The highest BCUT2D eigenvalue weighted by molar-refractivity contribution is 9.10. The van der Waals surface area contributed by atoms with E-state index in [1.807, 2.05) is 24.3 Å². The fourth-order valence-corrected chi connectivity index (χ4v) is 2.26. The van der Waals surface area contributed by atoms with Crippen LogP contribution in [0.15, 0.2) is 33.8 Å². The van der Waals surface area contributed by atoms with Gasteiger partial charge in [0.1, 0.15) is 0 Å². The fraction of sp³-hybridized carbons (Fsp3) is 0.385. The number of anilines is 1. The molecule has 17 heavy (non-hydrogen) atoms. The van der Waals surface area contributed by atoms with Crippen LogP contribution in [0.25, 0.3) is 0 Å². The molecule has 1 heterocycles. The van der Waals surface area contributed by atoms with Gasteiger partial charge < -0.3 is 0 Å². The Labute approximate surface area is 110 Å². The lowest BCUT2D eigenvalue weighted by atomic mass is 10.1. The topological polar surface area (TPSA) is 32.7 Å². The van der Waals surface area contributed by atoms with Gasteiger partial charge in [0.25, 0.3) is 5.91 Å². The molecule has 0 unspecified atom stereocenters. The number of carbonyl (C=O) groups excluding carboxylic acids is 1. The van der Waals surface area contributed by atoms with Gasteiger partial charge in [-0.2, -0.15) is 5.10 Å². The summed E-state index contributed by atoms with van der Waals surface area (Å²) in [6.45, 7) is 4.27. The molecule has 1 aromatic carbocycles. The Morgan fingerprint density at radius 1 is 1.47 bits per heavy atom. The van der Waals surface area contributed by atoms with Crippen LogP contribution in [0.2, 0.25) is 0 Å². The van der Waals surface area contributed by atoms with Crippen LogP contribution in [0, 0.1) is 5.92 Å². The second-order valence-electron chi connectivity index (χ2n) is 4.63. The number of amides is 1. The molecular formula is C13H15BrN2O. The van der Waals surface area contributed by atoms with Gasteiger partial charge in [-0.05, 0) is 30.5 Å². The summed E-state index contributed by atoms with van der Waals surface area (Å²) in [4.78, 5) is 11.9. The first kappa shape index (κ1) is 12.3. The first-order valence-electron chi connectivity index (χ1n) is 5.71. The average Bonchev–Trinajstić information content (AvgIpc) is 2.58. The summed E-state index contributed by atoms with van der Waals surface area (Å²) in [6.07, 6.45) is 1.33. The maximum Gasteiger partial charge on any atom is 0.253 e. The number of hydrogen-bond donors (Lipinski definition) is 0. The van der Waals surface area contributed by atoms with Crippen LogP contribution in [0.5, 0.6) is 0 Å². The first-order valence-corrected chi connectivity index (χ1v) is 6.50. The van der Waals surface area contributed by atoms with Crippen molar-refractivity contribution in [2.75, 3.05) is 5.01 Å². The number of nitrogens with zero attached hydrogens (tertiary/aromatic N) is 2. The van der Waals surface area contributed by atoms with Gasteiger partial charge in [-0.25, -0.2) is 5.01 Å². The summed E-state index contributed by atoms with van der Waals surface area (Å²) < 4.78 is 0.954. The zero-order chi connectivity index (χ0) is 12.4. The summed E-state index contributed by atoms with van der Waals surface area (Å²) in [6, 6.07) is 7.63. The predicted molar refractivity (Wildman–Crippen MR) is 73.1 cm³/mol. The van der Waals surface area contributed by atoms with Crippen molar-refractivity contribution in [2.45, 2.75) is 26.7 Å². The number of rotatable bonds is 3. The zero-order valence-electron chi connectivity index (χ0n) is 9.98. The lowest BCUT2D eigenvalue weighted by Crippen LogP contribution is -2.19. The molecule has 4 heteroatoms. The highest BCUT2D eigenvalue weighted by Gasteiger charge is 2.25. The molecule has 0 aromatic heterocycles. The van der Waals surface area contributed by atoms with E-state index in [9.17, 15) is 4.79 Å². The van der Waals surface area contributed by atoms with Crippen molar-refractivity contribution in [3.63, 3.8) is 0 Å². The van der Waals surface area contributed by atoms with Gasteiger partial charge in [0.15, 0.2) is 0 Å². The smallest absolute Gasteiger partial charge is 0.253 e. The second kappa shape index (κ2) is 5.00. The maximum atomic E-state index is 11.9. The fourth-order valence-electron chi connectivity index (χ4n) is 1.88. The van der Waals surface area contributed by atoms with Crippen LogP contribution in [0.4, 0.5) is 5.69 Å².